The second-order valence-corrected chi connectivity index (χ2v) is 23.8. The molecule has 5 atom stereocenters. The molecule has 4 aliphatic heterocycles. The molecule has 21 heteroatoms. The highest BCUT2D eigenvalue weighted by Gasteiger charge is 2.47. The molecule has 0 saturated carbocycles. The van der Waals surface area contributed by atoms with Gasteiger partial charge in [-0.1, -0.05) is 85.7 Å². The minimum Gasteiger partial charge on any atom is -0.508 e. The van der Waals surface area contributed by atoms with E-state index in [-0.39, 0.29) is 102 Å². The number of piperazine rings is 1. The standard InChI is InChI=1S/C61H65ClFN11O7S/c1-6-51(77)73-22-21-71(30-41(73)15-18-64)57-46-28-47(62)53(45-26-42(75)25-40-9-7-8-10-44(40)45)54(63)55(46)67-60(68-57)80-24-23-70-19-16-61(17-20-70)32-72(33-61)50-29-49(81-69-50)52(35(2)3)59(79)74-31-43(76)27-48(74)58(78)66-36(4)38-11-13-39(14-12-38)56-37(5)65-34-82-56/h6-14,25-26,28-29,34-36,41,43,48,52,75-76H,1,15-17,19-24,27,30-33H2,2-5H3,(H,66,78)/t36-,41-,43+,48-,52+/m0/s1. The van der Waals surface area contributed by atoms with Crippen molar-refractivity contribution < 1.29 is 38.2 Å². The van der Waals surface area contributed by atoms with Gasteiger partial charge in [0.05, 0.1) is 51.8 Å². The molecule has 1 spiro atoms. The molecular weight excluding hydrogens is 1090 g/mol. The summed E-state index contributed by atoms with van der Waals surface area (Å²) < 4.78 is 29.5. The zero-order valence-electron chi connectivity index (χ0n) is 46.2. The van der Waals surface area contributed by atoms with Crippen molar-refractivity contribution in [3.8, 4) is 39.4 Å². The lowest BCUT2D eigenvalue weighted by Gasteiger charge is -2.54. The number of aliphatic hydroxyl groups is 1. The van der Waals surface area contributed by atoms with Crippen LogP contribution in [0.4, 0.5) is 16.0 Å². The van der Waals surface area contributed by atoms with Crippen molar-refractivity contribution in [1.82, 2.24) is 40.1 Å². The summed E-state index contributed by atoms with van der Waals surface area (Å²) in [7, 11) is 0. The number of carbonyl (C=O) groups is 3. The maximum Gasteiger partial charge on any atom is 0.319 e. The Labute approximate surface area is 483 Å². The highest BCUT2D eigenvalue weighted by atomic mass is 35.5. The van der Waals surface area contributed by atoms with Gasteiger partial charge in [-0.3, -0.25) is 19.3 Å². The van der Waals surface area contributed by atoms with Crippen molar-refractivity contribution >= 4 is 74.0 Å². The third-order valence-electron chi connectivity index (χ3n) is 16.9. The average molecular weight is 1150 g/mol. The Kier molecular flexibility index (Phi) is 15.9. The third-order valence-corrected chi connectivity index (χ3v) is 18.1. The van der Waals surface area contributed by atoms with Crippen LogP contribution in [-0.2, 0) is 14.4 Å². The van der Waals surface area contributed by atoms with Crippen LogP contribution in [0.2, 0.25) is 5.02 Å². The molecule has 0 unspecified atom stereocenters. The maximum absolute atomic E-state index is 17.3. The number of amides is 3. The molecule has 4 fully saturated rings. The lowest BCUT2D eigenvalue weighted by molar-refractivity contribution is -0.141. The summed E-state index contributed by atoms with van der Waals surface area (Å²) in [6.07, 6.45) is 2.44. The van der Waals surface area contributed by atoms with Crippen LogP contribution in [0.1, 0.15) is 75.4 Å². The Hall–Kier alpha value is -7.70. The molecule has 3 aromatic heterocycles. The summed E-state index contributed by atoms with van der Waals surface area (Å²) in [5, 5.41) is 40.6. The summed E-state index contributed by atoms with van der Waals surface area (Å²) in [5.74, 6) is -1.15. The van der Waals surface area contributed by atoms with Crippen molar-refractivity contribution in [3.05, 3.63) is 119 Å². The van der Waals surface area contributed by atoms with E-state index in [0.29, 0.717) is 52.2 Å². The molecule has 7 aromatic rings. The number of piperidine rings is 1. The Morgan fingerprint density at radius 2 is 1.77 bits per heavy atom. The first-order chi connectivity index (χ1) is 39.5. The number of phenols is 1. The van der Waals surface area contributed by atoms with Gasteiger partial charge in [-0.2, -0.15) is 15.2 Å². The minimum absolute atomic E-state index is 0.0278. The van der Waals surface area contributed by atoms with Crippen molar-refractivity contribution in [1.29, 1.82) is 5.26 Å². The fourth-order valence-corrected chi connectivity index (χ4v) is 13.5. The van der Waals surface area contributed by atoms with Gasteiger partial charge in [0.25, 0.3) is 0 Å². The van der Waals surface area contributed by atoms with Gasteiger partial charge in [0, 0.05) is 74.7 Å². The third kappa shape index (κ3) is 11.1. The topological polar surface area (TPSA) is 218 Å². The van der Waals surface area contributed by atoms with Gasteiger partial charge < -0.3 is 44.4 Å². The van der Waals surface area contributed by atoms with Gasteiger partial charge in [0.2, 0.25) is 17.7 Å². The van der Waals surface area contributed by atoms with Crippen LogP contribution in [0.5, 0.6) is 11.8 Å². The number of anilines is 2. The van der Waals surface area contributed by atoms with E-state index in [1.165, 1.54) is 17.0 Å². The normalized spacial score (nSPS) is 19.8. The molecule has 0 radical (unpaired) electrons. The number of aromatic hydroxyl groups is 1. The molecule has 4 aromatic carbocycles. The van der Waals surface area contributed by atoms with E-state index in [0.717, 1.165) is 60.7 Å². The summed E-state index contributed by atoms with van der Waals surface area (Å²) in [4.78, 5) is 65.6. The van der Waals surface area contributed by atoms with E-state index in [2.05, 4.69) is 42.9 Å². The van der Waals surface area contributed by atoms with Crippen LogP contribution >= 0.6 is 22.9 Å². The van der Waals surface area contributed by atoms with E-state index >= 15 is 4.39 Å². The molecule has 4 aliphatic rings. The average Bonchev–Trinajstić information content (AvgIpc) is 3.15. The number of fused-ring (bicyclic) bond motifs is 2. The molecule has 0 bridgehead atoms. The number of phenolic OH excluding ortho intramolecular Hbond substituents is 1. The molecule has 7 heterocycles. The molecule has 18 nitrogen and oxygen atoms in total. The van der Waals surface area contributed by atoms with E-state index in [1.807, 2.05) is 92.7 Å². The monoisotopic (exact) mass is 1150 g/mol. The summed E-state index contributed by atoms with van der Waals surface area (Å²) in [6, 6.07) is 22.4. The predicted octanol–water partition coefficient (Wildman–Crippen LogP) is 9.04. The fourth-order valence-electron chi connectivity index (χ4n) is 12.4. The van der Waals surface area contributed by atoms with Crippen LogP contribution in [0, 0.1) is 35.4 Å². The largest absolute Gasteiger partial charge is 0.508 e. The van der Waals surface area contributed by atoms with E-state index in [9.17, 15) is 29.9 Å². The van der Waals surface area contributed by atoms with Gasteiger partial charge in [-0.05, 0) is 97.4 Å². The summed E-state index contributed by atoms with van der Waals surface area (Å²) >= 11 is 8.56. The first-order valence-electron chi connectivity index (χ1n) is 27.8. The quantitative estimate of drug-likeness (QED) is 0.0769. The second-order valence-electron chi connectivity index (χ2n) is 22.6. The molecular formula is C61H65ClFN11O7S. The number of carbonyl (C=O) groups excluding carboxylic acids is 3. The van der Waals surface area contributed by atoms with Gasteiger partial charge >= 0.3 is 6.01 Å². The van der Waals surface area contributed by atoms with Crippen molar-refractivity contribution in [3.63, 3.8) is 0 Å². The Balaban J connectivity index is 0.729. The number of aromatic nitrogens is 4. The number of benzene rings is 4. The predicted molar refractivity (Wildman–Crippen MR) is 312 cm³/mol. The second kappa shape index (κ2) is 23.3. The van der Waals surface area contributed by atoms with Crippen LogP contribution in [0.3, 0.4) is 0 Å². The number of β-amino-alcohol motifs (C(OH)–C–C–N with tert-alkyl or cyclic N) is 1. The highest BCUT2D eigenvalue weighted by molar-refractivity contribution is 7.13. The smallest absolute Gasteiger partial charge is 0.319 e. The van der Waals surface area contributed by atoms with E-state index in [1.54, 1.807) is 28.4 Å². The zero-order chi connectivity index (χ0) is 57.6. The Bertz CT molecular complexity index is 3610. The number of halogens is 2. The number of hydrogen-bond acceptors (Lipinski definition) is 16. The number of ether oxygens (including phenoxy) is 1. The first-order valence-corrected chi connectivity index (χ1v) is 29.1. The Morgan fingerprint density at radius 1 is 1.00 bits per heavy atom. The molecule has 4 saturated heterocycles. The summed E-state index contributed by atoms with van der Waals surface area (Å²) in [6.45, 7) is 16.2. The maximum atomic E-state index is 17.3. The van der Waals surface area contributed by atoms with E-state index in [4.69, 9.17) is 25.8 Å². The number of rotatable bonds is 16. The van der Waals surface area contributed by atoms with Gasteiger partial charge in [-0.25, -0.2) is 9.37 Å². The van der Waals surface area contributed by atoms with Gasteiger partial charge in [0.15, 0.2) is 17.4 Å². The fraction of sp³-hybridized carbons (Fsp3) is 0.410. The van der Waals surface area contributed by atoms with Crippen LogP contribution in [0.15, 0.2) is 95.5 Å². The van der Waals surface area contributed by atoms with Gasteiger partial charge in [-0.15, -0.1) is 11.3 Å². The number of nitriles is 1. The number of aliphatic hydroxyl groups excluding tert-OH is 1. The number of aryl methyl sites for hydroxylation is 1. The van der Waals surface area contributed by atoms with Crippen molar-refractivity contribution in [2.24, 2.45) is 11.3 Å². The molecule has 3 amide bonds. The molecule has 426 valence electrons. The van der Waals surface area contributed by atoms with E-state index < -0.39 is 29.9 Å². The number of hydrogen-bond donors (Lipinski definition) is 3. The number of thiazole rings is 1. The highest BCUT2D eigenvalue weighted by Crippen LogP contribution is 2.45. The first kappa shape index (κ1) is 56.2. The minimum atomic E-state index is -0.850. The molecule has 3 N–H and O–H groups in total. The zero-order valence-corrected chi connectivity index (χ0v) is 47.8. The van der Waals surface area contributed by atoms with Crippen LogP contribution in [0.25, 0.3) is 43.2 Å². The lowest BCUT2D eigenvalue weighted by atomic mass is 9.72. The number of likely N-dealkylation sites (tertiary alicyclic amines) is 2. The van der Waals surface area contributed by atoms with Crippen molar-refractivity contribution in [2.45, 2.75) is 83.5 Å². The van der Waals surface area contributed by atoms with Crippen LogP contribution < -0.4 is 19.9 Å². The molecule has 11 rings (SSSR count). The molecule has 82 heavy (non-hydrogen) atoms. The SMILES string of the molecule is C=CC(=O)N1CCN(c2nc(OCCN3CCC4(CC3)CN(c3cc([C@H](C(=O)N5C[C@H](O)C[C@H]5C(=O)N[C@@H](C)c5ccc(-c6scnc6C)cc5)C(C)C)on3)C4)nc3c(F)c(-c4cc(O)cc5ccccc45)c(Cl)cc23)C[C@@H]1CC#N. The lowest BCUT2D eigenvalue weighted by Crippen LogP contribution is -2.60. The number of nitrogens with zero attached hydrogens (tertiary/aromatic N) is 10. The van der Waals surface area contributed by atoms with Crippen molar-refractivity contribution in [2.75, 3.05) is 75.3 Å². The van der Waals surface area contributed by atoms with Gasteiger partial charge in [0.1, 0.15) is 35.7 Å². The number of nitrogens with one attached hydrogen (secondary N) is 1. The molecule has 0 aliphatic carbocycles. The van der Waals surface area contributed by atoms with Crippen LogP contribution in [-0.4, -0.2) is 146 Å². The summed E-state index contributed by atoms with van der Waals surface area (Å²) in [5.41, 5.74) is 5.26. The Morgan fingerprint density at radius 3 is 2.49 bits per heavy atom.